The molecule has 6 rings (SSSR count). The minimum absolute atomic E-state index is 0.0640. The standard InChI is InChI=1S/C28H19Cl2F2N7O/c29-22-8-18(5-6-24(22)32)35-26-16(10-33)11-34-28-21(26)7-19(9-23(28)30)36-27(15-1-3-17(31)4-2-15)25-12-39(38-37-25)20-13-40-14-20/h1-9,11-12,20,27,36H,13-14H2,(H,34,35). The summed E-state index contributed by atoms with van der Waals surface area (Å²) in [4.78, 5) is 4.38. The highest BCUT2D eigenvalue weighted by Gasteiger charge is 2.25. The molecule has 200 valence electrons. The number of nitrogens with one attached hydrogen (secondary N) is 2. The van der Waals surface area contributed by atoms with Crippen LogP contribution >= 0.6 is 23.2 Å². The van der Waals surface area contributed by atoms with E-state index in [0.29, 0.717) is 51.9 Å². The van der Waals surface area contributed by atoms with Gasteiger partial charge in [0.25, 0.3) is 0 Å². The molecule has 0 spiro atoms. The van der Waals surface area contributed by atoms with Crippen molar-refractivity contribution in [3.8, 4) is 6.07 Å². The van der Waals surface area contributed by atoms with Crippen LogP contribution in [0.4, 0.5) is 25.8 Å². The third kappa shape index (κ3) is 5.02. The van der Waals surface area contributed by atoms with Crippen LogP contribution in [0, 0.1) is 23.0 Å². The van der Waals surface area contributed by atoms with Crippen molar-refractivity contribution >= 4 is 51.2 Å². The topological polar surface area (TPSA) is 101 Å². The molecule has 1 unspecified atom stereocenters. The van der Waals surface area contributed by atoms with E-state index < -0.39 is 11.9 Å². The van der Waals surface area contributed by atoms with E-state index in [1.807, 2.05) is 6.20 Å². The summed E-state index contributed by atoms with van der Waals surface area (Å²) in [6.07, 6.45) is 3.25. The number of hydrogen-bond acceptors (Lipinski definition) is 7. The zero-order valence-electron chi connectivity index (χ0n) is 20.6. The smallest absolute Gasteiger partial charge is 0.141 e. The lowest BCUT2D eigenvalue weighted by Crippen LogP contribution is -2.31. The Hall–Kier alpha value is -4.30. The number of nitrogens with zero attached hydrogens (tertiary/aromatic N) is 5. The molecule has 3 heterocycles. The molecule has 1 aliphatic heterocycles. The predicted molar refractivity (Wildman–Crippen MR) is 148 cm³/mol. The number of halogens is 4. The van der Waals surface area contributed by atoms with Crippen LogP contribution in [0.25, 0.3) is 10.9 Å². The lowest BCUT2D eigenvalue weighted by atomic mass is 10.0. The maximum atomic E-state index is 13.8. The van der Waals surface area contributed by atoms with Crippen molar-refractivity contribution in [3.05, 3.63) is 105 Å². The highest BCUT2D eigenvalue weighted by atomic mass is 35.5. The Morgan fingerprint density at radius 2 is 1.80 bits per heavy atom. The Kier molecular flexibility index (Phi) is 6.94. The van der Waals surface area contributed by atoms with E-state index in [1.54, 1.807) is 28.9 Å². The maximum absolute atomic E-state index is 13.8. The molecule has 0 bridgehead atoms. The summed E-state index contributed by atoms with van der Waals surface area (Å²) in [6.45, 7) is 1.11. The molecule has 1 saturated heterocycles. The molecule has 0 radical (unpaired) electrons. The molecule has 8 nitrogen and oxygen atoms in total. The van der Waals surface area contributed by atoms with Gasteiger partial charge in [0.2, 0.25) is 0 Å². The van der Waals surface area contributed by atoms with Crippen molar-refractivity contribution in [1.29, 1.82) is 5.26 Å². The van der Waals surface area contributed by atoms with Crippen LogP contribution < -0.4 is 10.6 Å². The first-order valence-electron chi connectivity index (χ1n) is 12.2. The van der Waals surface area contributed by atoms with Gasteiger partial charge in [0.1, 0.15) is 29.4 Å². The fourth-order valence-electron chi connectivity index (χ4n) is 4.41. The van der Waals surface area contributed by atoms with Crippen molar-refractivity contribution in [2.24, 2.45) is 0 Å². The summed E-state index contributed by atoms with van der Waals surface area (Å²) >= 11 is 12.6. The zero-order valence-corrected chi connectivity index (χ0v) is 22.1. The van der Waals surface area contributed by atoms with Crippen LogP contribution in [0.5, 0.6) is 0 Å². The maximum Gasteiger partial charge on any atom is 0.141 e. The molecule has 5 aromatic rings. The fourth-order valence-corrected chi connectivity index (χ4v) is 4.86. The Bertz CT molecular complexity index is 1770. The van der Waals surface area contributed by atoms with Gasteiger partial charge < -0.3 is 15.4 Å². The van der Waals surface area contributed by atoms with Crippen molar-refractivity contribution in [1.82, 2.24) is 20.0 Å². The van der Waals surface area contributed by atoms with Crippen molar-refractivity contribution < 1.29 is 13.5 Å². The Balaban J connectivity index is 1.43. The van der Waals surface area contributed by atoms with Crippen LogP contribution in [0.15, 0.2) is 67.0 Å². The minimum Gasteiger partial charge on any atom is -0.377 e. The van der Waals surface area contributed by atoms with E-state index in [4.69, 9.17) is 27.9 Å². The Morgan fingerprint density at radius 1 is 1.02 bits per heavy atom. The van der Waals surface area contributed by atoms with Gasteiger partial charge in [-0.1, -0.05) is 40.5 Å². The Morgan fingerprint density at radius 3 is 2.50 bits per heavy atom. The van der Waals surface area contributed by atoms with E-state index in [2.05, 4.69) is 32.0 Å². The first-order chi connectivity index (χ1) is 19.4. The van der Waals surface area contributed by atoms with E-state index >= 15 is 0 Å². The number of anilines is 3. The molecule has 40 heavy (non-hydrogen) atoms. The quantitative estimate of drug-likeness (QED) is 0.219. The van der Waals surface area contributed by atoms with Gasteiger partial charge in [-0.25, -0.2) is 13.5 Å². The zero-order chi connectivity index (χ0) is 27.8. The van der Waals surface area contributed by atoms with Crippen LogP contribution in [0.2, 0.25) is 10.0 Å². The molecular formula is C28H19Cl2F2N7O. The summed E-state index contributed by atoms with van der Waals surface area (Å²) in [5, 5.41) is 25.8. The van der Waals surface area contributed by atoms with Gasteiger partial charge in [-0.15, -0.1) is 5.10 Å². The average Bonchev–Trinajstić information content (AvgIpc) is 3.38. The van der Waals surface area contributed by atoms with Gasteiger partial charge in [0.05, 0.1) is 52.3 Å². The van der Waals surface area contributed by atoms with Gasteiger partial charge in [-0.2, -0.15) is 5.26 Å². The lowest BCUT2D eigenvalue weighted by molar-refractivity contribution is -0.0293. The summed E-state index contributed by atoms with van der Waals surface area (Å²) in [6, 6.07) is 15.5. The SMILES string of the molecule is N#Cc1cnc2c(Cl)cc(NC(c3ccc(F)cc3)c3cn(C4COC4)nn3)cc2c1Nc1ccc(F)c(Cl)c1. The van der Waals surface area contributed by atoms with Crippen LogP contribution in [-0.4, -0.2) is 33.2 Å². The van der Waals surface area contributed by atoms with Gasteiger partial charge in [0.15, 0.2) is 0 Å². The first-order valence-corrected chi connectivity index (χ1v) is 12.9. The summed E-state index contributed by atoms with van der Waals surface area (Å²) < 4.78 is 34.5. The highest BCUT2D eigenvalue weighted by Crippen LogP contribution is 2.37. The molecule has 0 aliphatic carbocycles. The van der Waals surface area contributed by atoms with Crippen LogP contribution in [-0.2, 0) is 4.74 Å². The fraction of sp³-hybridized carbons (Fsp3) is 0.143. The number of ether oxygens (including phenoxy) is 1. The van der Waals surface area contributed by atoms with Crippen molar-refractivity contribution in [3.63, 3.8) is 0 Å². The second kappa shape index (κ2) is 10.7. The molecule has 0 saturated carbocycles. The molecular weight excluding hydrogens is 559 g/mol. The molecule has 1 atom stereocenters. The number of fused-ring (bicyclic) bond motifs is 1. The number of aromatic nitrogens is 4. The van der Waals surface area contributed by atoms with Gasteiger partial charge >= 0.3 is 0 Å². The van der Waals surface area contributed by atoms with Gasteiger partial charge in [0, 0.05) is 23.0 Å². The van der Waals surface area contributed by atoms with Gasteiger partial charge in [-0.3, -0.25) is 4.98 Å². The van der Waals surface area contributed by atoms with Crippen LogP contribution in [0.1, 0.15) is 28.9 Å². The van der Waals surface area contributed by atoms with E-state index in [-0.39, 0.29) is 22.4 Å². The van der Waals surface area contributed by atoms with Crippen molar-refractivity contribution in [2.75, 3.05) is 23.8 Å². The molecule has 0 amide bonds. The molecule has 1 fully saturated rings. The van der Waals surface area contributed by atoms with E-state index in [9.17, 15) is 14.0 Å². The number of hydrogen-bond donors (Lipinski definition) is 2. The summed E-state index contributed by atoms with van der Waals surface area (Å²) in [5.41, 5.74) is 3.56. The third-order valence-corrected chi connectivity index (χ3v) is 7.14. The molecule has 2 aromatic heterocycles. The predicted octanol–water partition coefficient (Wildman–Crippen LogP) is 6.80. The number of nitriles is 1. The second-order valence-corrected chi connectivity index (χ2v) is 10.0. The van der Waals surface area contributed by atoms with E-state index in [1.165, 1.54) is 36.5 Å². The molecule has 2 N–H and O–H groups in total. The Labute approximate surface area is 237 Å². The summed E-state index contributed by atoms with van der Waals surface area (Å²) in [7, 11) is 0. The van der Waals surface area contributed by atoms with Gasteiger partial charge in [-0.05, 0) is 48.0 Å². The minimum atomic E-state index is -0.560. The molecule has 3 aromatic carbocycles. The van der Waals surface area contributed by atoms with Crippen molar-refractivity contribution in [2.45, 2.75) is 12.1 Å². The van der Waals surface area contributed by atoms with E-state index in [0.717, 1.165) is 5.56 Å². The first kappa shape index (κ1) is 26.0. The highest BCUT2D eigenvalue weighted by molar-refractivity contribution is 6.36. The third-order valence-electron chi connectivity index (χ3n) is 6.57. The monoisotopic (exact) mass is 577 g/mol. The normalized spacial score (nSPS) is 14.0. The number of benzene rings is 3. The molecule has 1 aliphatic rings. The lowest BCUT2D eigenvalue weighted by Gasteiger charge is -2.25. The number of rotatable bonds is 7. The largest absolute Gasteiger partial charge is 0.377 e. The number of pyridine rings is 1. The average molecular weight is 578 g/mol. The van der Waals surface area contributed by atoms with Crippen LogP contribution in [0.3, 0.4) is 0 Å². The second-order valence-electron chi connectivity index (χ2n) is 9.21. The summed E-state index contributed by atoms with van der Waals surface area (Å²) in [5.74, 6) is -0.923. The molecule has 12 heteroatoms.